The van der Waals surface area contributed by atoms with Crippen LogP contribution in [0.1, 0.15) is 75.9 Å². The van der Waals surface area contributed by atoms with Crippen molar-refractivity contribution in [1.29, 1.82) is 0 Å². The molecule has 6 aliphatic rings. The highest BCUT2D eigenvalue weighted by Gasteiger charge is 2.51. The van der Waals surface area contributed by atoms with Crippen LogP contribution in [0.5, 0.6) is 0 Å². The molecule has 21 atom stereocenters. The Morgan fingerprint density at radius 2 is 0.867 bits per heavy atom. The second-order valence-corrected chi connectivity index (χ2v) is 29.3. The van der Waals surface area contributed by atoms with Gasteiger partial charge in [0.15, 0.2) is 17.7 Å². The first-order valence-corrected chi connectivity index (χ1v) is 36.5. The fourth-order valence-corrected chi connectivity index (χ4v) is 16.1. The molecule has 50 heteroatoms. The Hall–Kier alpha value is -8.32. The van der Waals surface area contributed by atoms with E-state index in [0.717, 1.165) is 53.7 Å². The van der Waals surface area contributed by atoms with E-state index in [1.54, 1.807) is 0 Å². The van der Waals surface area contributed by atoms with Crippen molar-refractivity contribution in [1.82, 2.24) is 67.3 Å². The van der Waals surface area contributed by atoms with Gasteiger partial charge in [0.2, 0.25) is 0 Å². The van der Waals surface area contributed by atoms with E-state index in [1.165, 1.54) is 47.7 Å². The van der Waals surface area contributed by atoms with Gasteiger partial charge < -0.3 is 76.7 Å². The third-order valence-electron chi connectivity index (χ3n) is 17.6. The molecule has 12 unspecified atom stereocenters. The van der Waals surface area contributed by atoms with E-state index in [1.807, 2.05) is 0 Å². The van der Waals surface area contributed by atoms with E-state index in [4.69, 9.17) is 87.5 Å². The maximum atomic E-state index is 16.0. The number of aromatic amines is 2. The number of nitrogens with one attached hydrogen (secondary N) is 2. The predicted octanol–water partition coefficient (Wildman–Crippen LogP) is -3.62. The molecule has 0 aliphatic carbocycles. The SMILES string of the molecule is Nc1ccn(C2CC(O)C(COP(=O)(O)OC3C[C@@H](n4cnc5c(N)ncnc54)O[C@H]3COP(=O)(OCC3OC(n4ccc(N)nc4=O)CC3O)OC3C[C@H](n4ccc(=O)[nH]c4=O)O[C@@H]3COP(=O)(OC[C@@H]3O[C@H](n4ccc(N)nc4=O)CC3O)O[C@@H]3C[C@H](CO)O[C@@H]3n3ccc(=O)[nH]c3=O)O2)c(=O)n1. The summed E-state index contributed by atoms with van der Waals surface area (Å²) in [5, 5.41) is 44.0. The minimum Gasteiger partial charge on any atom is -0.394 e. The molecule has 15 N–H and O–H groups in total. The van der Waals surface area contributed by atoms with E-state index in [9.17, 15) is 63.4 Å². The maximum Gasteiger partial charge on any atom is 0.475 e. The lowest BCUT2D eigenvalue weighted by Crippen LogP contribution is -2.36. The quantitative estimate of drug-likeness (QED) is 0.0211. The summed E-state index contributed by atoms with van der Waals surface area (Å²) in [6.45, 7) is -5.33. The molecule has 13 heterocycles. The lowest BCUT2D eigenvalue weighted by atomic mass is 10.2. The molecule has 7 aromatic heterocycles. The molecule has 6 saturated heterocycles. The first-order chi connectivity index (χ1) is 50.1. The van der Waals surface area contributed by atoms with Gasteiger partial charge in [-0.2, -0.15) is 15.0 Å². The number of aliphatic hydroxyl groups excluding tert-OH is 4. The molecule has 7 aromatic rings. The van der Waals surface area contributed by atoms with Gasteiger partial charge in [0, 0.05) is 81.6 Å². The normalized spacial score (nSPS) is 30.8. The lowest BCUT2D eigenvalue weighted by molar-refractivity contribution is -0.0793. The van der Waals surface area contributed by atoms with Gasteiger partial charge in [0.1, 0.15) is 109 Å². The first-order valence-electron chi connectivity index (χ1n) is 32.0. The molecule has 0 bridgehead atoms. The van der Waals surface area contributed by atoms with Crippen LogP contribution in [0, 0.1) is 0 Å². The summed E-state index contributed by atoms with van der Waals surface area (Å²) in [6, 6.07) is 5.80. The summed E-state index contributed by atoms with van der Waals surface area (Å²) in [4.78, 5) is 129. The van der Waals surface area contributed by atoms with Crippen LogP contribution in [0.3, 0.4) is 0 Å². The van der Waals surface area contributed by atoms with E-state index in [2.05, 4.69) is 39.9 Å². The van der Waals surface area contributed by atoms with Crippen LogP contribution in [0.2, 0.25) is 0 Å². The molecule has 105 heavy (non-hydrogen) atoms. The number of nitrogen functional groups attached to an aromatic ring is 4. The van der Waals surface area contributed by atoms with Gasteiger partial charge in [-0.3, -0.25) is 83.1 Å². The van der Waals surface area contributed by atoms with Crippen molar-refractivity contribution in [2.24, 2.45) is 0 Å². The van der Waals surface area contributed by atoms with Crippen LogP contribution < -0.4 is 62.5 Å². The summed E-state index contributed by atoms with van der Waals surface area (Å²) in [5.74, 6) is -0.386. The van der Waals surface area contributed by atoms with Crippen LogP contribution in [0.15, 0.2) is 108 Å². The largest absolute Gasteiger partial charge is 0.475 e. The highest BCUT2D eigenvalue weighted by atomic mass is 31.2. The molecule has 6 fully saturated rings. The summed E-state index contributed by atoms with van der Waals surface area (Å²) < 4.78 is 136. The summed E-state index contributed by atoms with van der Waals surface area (Å²) >= 11 is 0. The number of aliphatic hydroxyl groups is 4. The molecule has 0 aromatic carbocycles. The number of hydrogen-bond donors (Lipinski definition) is 11. The number of H-pyrrole nitrogens is 2. The lowest BCUT2D eigenvalue weighted by Gasteiger charge is -2.29. The predicted molar refractivity (Wildman–Crippen MR) is 347 cm³/mol. The Kier molecular flexibility index (Phi) is 22.0. The summed E-state index contributed by atoms with van der Waals surface area (Å²) in [6.07, 6.45) is -19.8. The zero-order valence-corrected chi connectivity index (χ0v) is 57.0. The van der Waals surface area contributed by atoms with Crippen LogP contribution in [-0.2, 0) is 78.3 Å². The van der Waals surface area contributed by atoms with E-state index in [0.29, 0.717) is 0 Å². The number of aromatic nitrogens is 14. The maximum absolute atomic E-state index is 16.0. The minimum absolute atomic E-state index is 0.0476. The molecule has 0 spiro atoms. The smallest absolute Gasteiger partial charge is 0.394 e. The topological polar surface area (TPSA) is 644 Å². The van der Waals surface area contributed by atoms with Gasteiger partial charge in [0.05, 0.1) is 70.4 Å². The number of phosphoric ester groups is 3. The van der Waals surface area contributed by atoms with Gasteiger partial charge >= 0.3 is 51.9 Å². The molecule has 47 nitrogen and oxygen atoms in total. The van der Waals surface area contributed by atoms with Crippen molar-refractivity contribution in [2.45, 2.75) is 149 Å². The highest BCUT2D eigenvalue weighted by molar-refractivity contribution is 7.48. The standard InChI is InChI=1S/C55H69N18O29P3/c56-37-1-6-68(51(80)63-37)42-12-26(75)32(95-42)18-89-103(85,86)100-29-15-46(73-24-62-47-48(59)60-23-61-49(47)73)99-35(29)21-92-104(87,90-19-33-27(76)13-43(96-33)69-7-2-38(57)64-52(69)81)101-30-16-45(71-9-4-40(78)66-54(71)83)98-36(30)22-93-105(88,91-20-34-28(77)14-44(97-34)70-8-3-39(58)65-53(70)82)102-31-11-25(17-74)94-50(31)72-10-5-41(79)67-55(72)84/h1-10,23-36,42-46,50,74-77H,11-22H2,(H,85,86)(H2,56,63,80)(H2,57,64,81)(H2,58,65,82)(H2,59,60,61)(H,66,78,83)(H,67,79,84)/t25-,26?,27?,28?,29?,30?,31-,32?,33?,34+,35+,36-,42?,43?,44+,45-,46+,50+,104?,105?/m1/s1. The zero-order chi connectivity index (χ0) is 74.4. The number of phosphoric acid groups is 3. The number of anilines is 4. The molecule has 568 valence electrons. The second kappa shape index (κ2) is 30.9. The van der Waals surface area contributed by atoms with Gasteiger partial charge in [-0.1, -0.05) is 0 Å². The molecular formula is C55H69N18O29P3. The molecule has 0 amide bonds. The highest BCUT2D eigenvalue weighted by Crippen LogP contribution is 2.58. The third-order valence-corrected chi connectivity index (χ3v) is 21.5. The van der Waals surface area contributed by atoms with Crippen LogP contribution in [0.25, 0.3) is 11.2 Å². The number of fused-ring (bicyclic) bond motifs is 1. The van der Waals surface area contributed by atoms with Gasteiger partial charge in [-0.15, -0.1) is 0 Å². The molecule has 0 radical (unpaired) electrons. The molecular weight excluding hydrogens is 1470 g/mol. The fraction of sp³-hybridized carbons (Fsp3) is 0.545. The number of rotatable bonds is 28. The van der Waals surface area contributed by atoms with E-state index < -0.39 is 220 Å². The fourth-order valence-electron chi connectivity index (χ4n) is 12.4. The van der Waals surface area contributed by atoms with Crippen molar-refractivity contribution >= 4 is 57.9 Å². The monoisotopic (exact) mass is 1540 g/mol. The molecule has 6 aliphatic heterocycles. The zero-order valence-electron chi connectivity index (χ0n) is 54.4. The van der Waals surface area contributed by atoms with E-state index in [-0.39, 0.29) is 66.5 Å². The number of nitrogens with two attached hydrogens (primary N) is 4. The Morgan fingerprint density at radius 1 is 0.467 bits per heavy atom. The first kappa shape index (κ1) is 74.9. The Bertz CT molecular complexity index is 4920. The van der Waals surface area contributed by atoms with Crippen LogP contribution in [-0.4, -0.2) is 205 Å². The van der Waals surface area contributed by atoms with Gasteiger partial charge in [0.25, 0.3) is 11.1 Å². The number of hydrogen-bond acceptors (Lipinski definition) is 38. The van der Waals surface area contributed by atoms with Crippen molar-refractivity contribution in [3.8, 4) is 0 Å². The van der Waals surface area contributed by atoms with Crippen molar-refractivity contribution in [3.63, 3.8) is 0 Å². The Morgan fingerprint density at radius 3 is 1.32 bits per heavy atom. The minimum atomic E-state index is -5.49. The average molecular weight is 1540 g/mol. The number of nitrogens with zero attached hydrogens (tertiary/aromatic N) is 12. The van der Waals surface area contributed by atoms with Crippen LogP contribution in [0.4, 0.5) is 23.3 Å². The summed E-state index contributed by atoms with van der Waals surface area (Å²) in [5.41, 5.74) is 17.1. The van der Waals surface area contributed by atoms with Crippen molar-refractivity contribution in [3.05, 3.63) is 147 Å². The second-order valence-electron chi connectivity index (χ2n) is 24.6. The van der Waals surface area contributed by atoms with Crippen molar-refractivity contribution < 1.29 is 104 Å². The van der Waals surface area contributed by atoms with Gasteiger partial charge in [-0.05, 0) is 18.2 Å². The number of imidazole rings is 1. The van der Waals surface area contributed by atoms with Crippen molar-refractivity contribution in [2.75, 3.05) is 62.6 Å². The molecule has 13 rings (SSSR count). The van der Waals surface area contributed by atoms with E-state index >= 15 is 9.13 Å². The Balaban J connectivity index is 0.807. The Labute approximate surface area is 585 Å². The average Bonchev–Trinajstić information content (AvgIpc) is 1.64. The molecule has 0 saturated carbocycles. The number of ether oxygens (including phenoxy) is 6. The summed E-state index contributed by atoms with van der Waals surface area (Å²) in [7, 11) is -16.2. The van der Waals surface area contributed by atoms with Crippen LogP contribution >= 0.6 is 23.5 Å². The third kappa shape index (κ3) is 16.9. The van der Waals surface area contributed by atoms with Gasteiger partial charge in [-0.25, -0.2) is 52.6 Å².